The van der Waals surface area contributed by atoms with Crippen molar-refractivity contribution in [3.63, 3.8) is 0 Å². The lowest BCUT2D eigenvalue weighted by Gasteiger charge is -1.99. The van der Waals surface area contributed by atoms with E-state index in [2.05, 4.69) is 15.9 Å². The molecule has 0 radical (unpaired) electrons. The highest BCUT2D eigenvalue weighted by Crippen LogP contribution is 2.14. The van der Waals surface area contributed by atoms with Gasteiger partial charge in [-0.2, -0.15) is 0 Å². The zero-order valence-corrected chi connectivity index (χ0v) is 9.45. The summed E-state index contributed by atoms with van der Waals surface area (Å²) in [5.74, 6) is 0.942. The number of rotatable bonds is 3. The Bertz CT molecular complexity index is 290. The van der Waals surface area contributed by atoms with Crippen LogP contribution in [0.5, 0.6) is 0 Å². The highest BCUT2D eigenvalue weighted by molar-refractivity contribution is 9.10. The quantitative estimate of drug-likeness (QED) is 0.770. The van der Waals surface area contributed by atoms with Gasteiger partial charge in [-0.15, -0.1) is 11.6 Å². The fourth-order valence-corrected chi connectivity index (χ4v) is 2.63. The third kappa shape index (κ3) is 2.88. The summed E-state index contributed by atoms with van der Waals surface area (Å²) in [5.41, 5.74) is 0. The van der Waals surface area contributed by atoms with E-state index in [1.54, 1.807) is 0 Å². The molecule has 12 heavy (non-hydrogen) atoms. The molecule has 0 saturated carbocycles. The molecule has 1 nitrogen and oxygen atoms in total. The molecule has 1 aromatic rings. The van der Waals surface area contributed by atoms with Crippen LogP contribution in [-0.4, -0.2) is 15.8 Å². The van der Waals surface area contributed by atoms with Crippen molar-refractivity contribution in [2.24, 2.45) is 0 Å². The van der Waals surface area contributed by atoms with E-state index in [1.807, 2.05) is 24.3 Å². The molecule has 66 valence electrons. The number of benzene rings is 1. The van der Waals surface area contributed by atoms with Crippen LogP contribution in [-0.2, 0) is 10.8 Å². The van der Waals surface area contributed by atoms with Crippen LogP contribution < -0.4 is 0 Å². The summed E-state index contributed by atoms with van der Waals surface area (Å²) in [4.78, 5) is 0.824. The van der Waals surface area contributed by atoms with Crippen molar-refractivity contribution >= 4 is 38.3 Å². The summed E-state index contributed by atoms with van der Waals surface area (Å²) >= 11 is 8.80. The molecule has 1 atom stereocenters. The van der Waals surface area contributed by atoms with Crippen molar-refractivity contribution in [2.45, 2.75) is 4.90 Å². The fourth-order valence-electron chi connectivity index (χ4n) is 0.797. The highest BCUT2D eigenvalue weighted by atomic mass is 79.9. The molecular weight excluding hydrogens is 260 g/mol. The van der Waals surface area contributed by atoms with E-state index in [0.29, 0.717) is 11.6 Å². The van der Waals surface area contributed by atoms with E-state index in [4.69, 9.17) is 11.6 Å². The number of hydrogen-bond donors (Lipinski definition) is 0. The molecule has 0 amide bonds. The minimum Gasteiger partial charge on any atom is -0.254 e. The Morgan fingerprint density at radius 3 is 2.83 bits per heavy atom. The molecule has 0 saturated heterocycles. The zero-order chi connectivity index (χ0) is 8.97. The van der Waals surface area contributed by atoms with E-state index >= 15 is 0 Å². The number of hydrogen-bond acceptors (Lipinski definition) is 1. The third-order valence-electron chi connectivity index (χ3n) is 1.32. The molecule has 0 aliphatic rings. The van der Waals surface area contributed by atoms with Crippen LogP contribution in [0.3, 0.4) is 0 Å². The molecule has 0 aliphatic carbocycles. The number of halogens is 2. The van der Waals surface area contributed by atoms with Gasteiger partial charge in [0.05, 0.1) is 10.8 Å². The predicted molar refractivity (Wildman–Crippen MR) is 56.1 cm³/mol. The summed E-state index contributed by atoms with van der Waals surface area (Å²) in [6.07, 6.45) is 0. The Morgan fingerprint density at radius 1 is 1.50 bits per heavy atom. The lowest BCUT2D eigenvalue weighted by Crippen LogP contribution is -1.98. The molecular formula is C8H8BrClOS. The van der Waals surface area contributed by atoms with Crippen LogP contribution in [0.1, 0.15) is 0 Å². The molecule has 0 bridgehead atoms. The summed E-state index contributed by atoms with van der Waals surface area (Å²) in [5, 5.41) is 0. The standard InChI is InChI=1S/C8H8BrClOS/c9-7-2-1-3-8(6-7)12(11)5-4-10/h1-3,6H,4-5H2. The van der Waals surface area contributed by atoms with Gasteiger partial charge < -0.3 is 0 Å². The minimum atomic E-state index is -0.956. The van der Waals surface area contributed by atoms with Crippen LogP contribution >= 0.6 is 27.5 Å². The lowest BCUT2D eigenvalue weighted by atomic mass is 10.4. The summed E-state index contributed by atoms with van der Waals surface area (Å²) in [7, 11) is -0.956. The molecule has 1 aromatic carbocycles. The van der Waals surface area contributed by atoms with Crippen LogP contribution in [0, 0.1) is 0 Å². The lowest BCUT2D eigenvalue weighted by molar-refractivity contribution is 0.684. The molecule has 1 rings (SSSR count). The van der Waals surface area contributed by atoms with Crippen molar-refractivity contribution in [1.29, 1.82) is 0 Å². The van der Waals surface area contributed by atoms with E-state index in [1.165, 1.54) is 0 Å². The maximum atomic E-state index is 11.4. The summed E-state index contributed by atoms with van der Waals surface area (Å²) in [6.45, 7) is 0. The van der Waals surface area contributed by atoms with Gasteiger partial charge in [0.2, 0.25) is 0 Å². The SMILES string of the molecule is O=S(CCCl)c1cccc(Br)c1. The van der Waals surface area contributed by atoms with Gasteiger partial charge in [0.1, 0.15) is 0 Å². The van der Waals surface area contributed by atoms with Gasteiger partial charge in [-0.1, -0.05) is 22.0 Å². The molecule has 0 heterocycles. The molecule has 0 aliphatic heterocycles. The Kier molecular flexibility index (Phi) is 4.26. The van der Waals surface area contributed by atoms with Crippen molar-refractivity contribution in [3.05, 3.63) is 28.7 Å². The van der Waals surface area contributed by atoms with Gasteiger partial charge in [0, 0.05) is 21.0 Å². The first-order chi connectivity index (χ1) is 5.74. The molecule has 1 unspecified atom stereocenters. The zero-order valence-electron chi connectivity index (χ0n) is 6.30. The summed E-state index contributed by atoms with van der Waals surface area (Å²) < 4.78 is 12.3. The van der Waals surface area contributed by atoms with Crippen molar-refractivity contribution in [1.82, 2.24) is 0 Å². The maximum absolute atomic E-state index is 11.4. The number of alkyl halides is 1. The summed E-state index contributed by atoms with van der Waals surface area (Å²) in [6, 6.07) is 7.46. The van der Waals surface area contributed by atoms with Gasteiger partial charge in [-0.05, 0) is 18.2 Å². The second-order valence-electron chi connectivity index (χ2n) is 2.20. The maximum Gasteiger partial charge on any atom is 0.0541 e. The first-order valence-electron chi connectivity index (χ1n) is 3.44. The average Bonchev–Trinajstić information content (AvgIpc) is 2.05. The Morgan fingerprint density at radius 2 is 2.25 bits per heavy atom. The fraction of sp³-hybridized carbons (Fsp3) is 0.250. The van der Waals surface area contributed by atoms with E-state index in [-0.39, 0.29) is 0 Å². The van der Waals surface area contributed by atoms with Gasteiger partial charge in [-0.3, -0.25) is 4.21 Å². The Labute approximate surface area is 87.7 Å². The minimum absolute atomic E-state index is 0.430. The second-order valence-corrected chi connectivity index (χ2v) is 5.06. The van der Waals surface area contributed by atoms with Gasteiger partial charge in [-0.25, -0.2) is 0 Å². The molecule has 0 N–H and O–H groups in total. The van der Waals surface area contributed by atoms with Crippen molar-refractivity contribution < 1.29 is 4.21 Å². The first-order valence-corrected chi connectivity index (χ1v) is 6.08. The van der Waals surface area contributed by atoms with Crippen LogP contribution in [0.2, 0.25) is 0 Å². The molecule has 4 heteroatoms. The third-order valence-corrected chi connectivity index (χ3v) is 3.58. The molecule has 0 aromatic heterocycles. The van der Waals surface area contributed by atoms with E-state index in [9.17, 15) is 4.21 Å². The second kappa shape index (κ2) is 5.00. The van der Waals surface area contributed by atoms with Crippen molar-refractivity contribution in [2.75, 3.05) is 11.6 Å². The monoisotopic (exact) mass is 266 g/mol. The van der Waals surface area contributed by atoms with Crippen molar-refractivity contribution in [3.8, 4) is 0 Å². The Hall–Kier alpha value is 0.140. The van der Waals surface area contributed by atoms with Crippen LogP contribution in [0.15, 0.2) is 33.6 Å². The normalized spacial score (nSPS) is 12.8. The van der Waals surface area contributed by atoms with Crippen LogP contribution in [0.25, 0.3) is 0 Å². The van der Waals surface area contributed by atoms with Gasteiger partial charge >= 0.3 is 0 Å². The largest absolute Gasteiger partial charge is 0.254 e. The van der Waals surface area contributed by atoms with Crippen LogP contribution in [0.4, 0.5) is 0 Å². The molecule has 0 spiro atoms. The smallest absolute Gasteiger partial charge is 0.0541 e. The van der Waals surface area contributed by atoms with E-state index in [0.717, 1.165) is 9.37 Å². The highest BCUT2D eigenvalue weighted by Gasteiger charge is 2.01. The molecule has 0 fully saturated rings. The van der Waals surface area contributed by atoms with Gasteiger partial charge in [0.15, 0.2) is 0 Å². The van der Waals surface area contributed by atoms with Gasteiger partial charge in [0.25, 0.3) is 0 Å². The Balaban J connectivity index is 2.81. The first kappa shape index (κ1) is 10.2. The topological polar surface area (TPSA) is 17.1 Å². The van der Waals surface area contributed by atoms with E-state index < -0.39 is 10.8 Å². The average molecular weight is 268 g/mol. The predicted octanol–water partition coefficient (Wildman–Crippen LogP) is 2.80.